The smallest absolute Gasteiger partial charge is 0.322 e. The van der Waals surface area contributed by atoms with Gasteiger partial charge in [-0.15, -0.1) is 0 Å². The Morgan fingerprint density at radius 1 is 1.26 bits per heavy atom. The van der Waals surface area contributed by atoms with Crippen molar-refractivity contribution in [1.29, 1.82) is 0 Å². The third kappa shape index (κ3) is 3.33. The highest BCUT2D eigenvalue weighted by molar-refractivity contribution is 7.89. The highest BCUT2D eigenvalue weighted by Gasteiger charge is 2.39. The summed E-state index contributed by atoms with van der Waals surface area (Å²) in [7, 11) is -3.79. The average molecular weight is 283 g/mol. The first-order chi connectivity index (χ1) is 8.79. The van der Waals surface area contributed by atoms with E-state index in [0.29, 0.717) is 0 Å². The van der Waals surface area contributed by atoms with Gasteiger partial charge in [0.05, 0.1) is 4.90 Å². The van der Waals surface area contributed by atoms with Crippen LogP contribution < -0.4 is 4.72 Å². The molecule has 1 unspecified atom stereocenters. The molecule has 0 aliphatic heterocycles. The molecule has 0 amide bonds. The molecular weight excluding hydrogens is 266 g/mol. The normalized spacial score (nSPS) is 17.2. The molecule has 2 N–H and O–H groups in total. The van der Waals surface area contributed by atoms with Gasteiger partial charge in [-0.3, -0.25) is 4.79 Å². The Balaban J connectivity index is 2.28. The maximum Gasteiger partial charge on any atom is 0.322 e. The summed E-state index contributed by atoms with van der Waals surface area (Å²) in [5.41, 5.74) is 1.66. The first kappa shape index (κ1) is 14.0. The van der Waals surface area contributed by atoms with Gasteiger partial charge in [-0.25, -0.2) is 8.42 Å². The Hall–Kier alpha value is -1.40. The van der Waals surface area contributed by atoms with Gasteiger partial charge >= 0.3 is 5.97 Å². The van der Waals surface area contributed by atoms with Gasteiger partial charge in [0.15, 0.2) is 0 Å². The summed E-state index contributed by atoms with van der Waals surface area (Å²) >= 11 is 0. The van der Waals surface area contributed by atoms with E-state index in [1.54, 1.807) is 12.1 Å². The fourth-order valence-electron chi connectivity index (χ4n) is 2.10. The predicted molar refractivity (Wildman–Crippen MR) is 70.4 cm³/mol. The lowest BCUT2D eigenvalue weighted by atomic mass is 10.2. The van der Waals surface area contributed by atoms with E-state index < -0.39 is 22.0 Å². The van der Waals surface area contributed by atoms with Crippen molar-refractivity contribution < 1.29 is 18.3 Å². The third-order valence-corrected chi connectivity index (χ3v) is 4.57. The molecule has 0 aromatic heterocycles. The highest BCUT2D eigenvalue weighted by atomic mass is 32.2. The summed E-state index contributed by atoms with van der Waals surface area (Å²) < 4.78 is 26.7. The molecule has 0 bridgehead atoms. The summed E-state index contributed by atoms with van der Waals surface area (Å²) in [6.07, 6.45) is 1.51. The van der Waals surface area contributed by atoms with Gasteiger partial charge in [0, 0.05) is 0 Å². The highest BCUT2D eigenvalue weighted by Crippen LogP contribution is 2.33. The number of hydrogen-bond donors (Lipinski definition) is 2. The molecule has 104 valence electrons. The molecule has 2 rings (SSSR count). The third-order valence-electron chi connectivity index (χ3n) is 3.15. The molecule has 1 aliphatic carbocycles. The zero-order valence-corrected chi connectivity index (χ0v) is 11.7. The summed E-state index contributed by atoms with van der Waals surface area (Å²) in [5, 5.41) is 9.08. The molecule has 19 heavy (non-hydrogen) atoms. The second kappa shape index (κ2) is 4.94. The molecule has 1 aromatic rings. The number of benzene rings is 1. The van der Waals surface area contributed by atoms with Crippen molar-refractivity contribution in [2.45, 2.75) is 37.6 Å². The molecule has 6 heteroatoms. The van der Waals surface area contributed by atoms with Gasteiger partial charge in [-0.05, 0) is 55.9 Å². The van der Waals surface area contributed by atoms with Crippen LogP contribution in [-0.2, 0) is 14.8 Å². The number of sulfonamides is 1. The van der Waals surface area contributed by atoms with E-state index in [9.17, 15) is 13.2 Å². The van der Waals surface area contributed by atoms with Crippen LogP contribution in [0, 0.1) is 19.8 Å². The van der Waals surface area contributed by atoms with Crippen molar-refractivity contribution in [1.82, 2.24) is 4.72 Å². The number of carbonyl (C=O) groups is 1. The van der Waals surface area contributed by atoms with E-state index in [4.69, 9.17) is 5.11 Å². The Morgan fingerprint density at radius 2 is 1.79 bits per heavy atom. The minimum absolute atomic E-state index is 0.0850. The van der Waals surface area contributed by atoms with Crippen LogP contribution in [0.3, 0.4) is 0 Å². The summed E-state index contributed by atoms with van der Waals surface area (Å²) in [6.45, 7) is 3.61. The summed E-state index contributed by atoms with van der Waals surface area (Å²) in [5.74, 6) is -1.20. The lowest BCUT2D eigenvalue weighted by Crippen LogP contribution is -2.42. The summed E-state index contributed by atoms with van der Waals surface area (Å²) in [6, 6.07) is 3.93. The number of carboxylic acid groups (broad SMARTS) is 1. The molecule has 0 radical (unpaired) electrons. The van der Waals surface area contributed by atoms with Gasteiger partial charge in [-0.2, -0.15) is 4.72 Å². The average Bonchev–Trinajstić information content (AvgIpc) is 3.08. The lowest BCUT2D eigenvalue weighted by Gasteiger charge is -2.14. The van der Waals surface area contributed by atoms with Crippen LogP contribution in [0.5, 0.6) is 0 Å². The molecule has 0 spiro atoms. The molecule has 0 saturated heterocycles. The first-order valence-corrected chi connectivity index (χ1v) is 7.61. The Kier molecular flexibility index (Phi) is 3.64. The van der Waals surface area contributed by atoms with Crippen molar-refractivity contribution >= 4 is 16.0 Å². The molecule has 1 aromatic carbocycles. The second-order valence-corrected chi connectivity index (χ2v) is 6.81. The molecule has 1 fully saturated rings. The zero-order chi connectivity index (χ0) is 14.2. The molecule has 5 nitrogen and oxygen atoms in total. The minimum atomic E-state index is -3.79. The zero-order valence-electron chi connectivity index (χ0n) is 10.9. The van der Waals surface area contributed by atoms with Gasteiger partial charge in [0.1, 0.15) is 6.04 Å². The maximum absolute atomic E-state index is 12.2. The van der Waals surface area contributed by atoms with Crippen LogP contribution in [-0.4, -0.2) is 25.5 Å². The largest absolute Gasteiger partial charge is 0.480 e. The molecule has 1 atom stereocenters. The van der Waals surface area contributed by atoms with Crippen molar-refractivity contribution in [2.24, 2.45) is 5.92 Å². The second-order valence-electron chi connectivity index (χ2n) is 5.10. The van der Waals surface area contributed by atoms with Gasteiger partial charge in [0.25, 0.3) is 0 Å². The predicted octanol–water partition coefficient (Wildman–Crippen LogP) is 1.44. The number of hydrogen-bond acceptors (Lipinski definition) is 3. The van der Waals surface area contributed by atoms with Crippen LogP contribution in [0.4, 0.5) is 0 Å². The quantitative estimate of drug-likeness (QED) is 0.856. The number of aryl methyl sites for hydroxylation is 2. The van der Waals surface area contributed by atoms with Crippen LogP contribution in [0.15, 0.2) is 23.1 Å². The van der Waals surface area contributed by atoms with Gasteiger partial charge < -0.3 is 5.11 Å². The number of nitrogens with one attached hydrogen (secondary N) is 1. The number of rotatable bonds is 5. The van der Waals surface area contributed by atoms with E-state index in [-0.39, 0.29) is 10.8 Å². The van der Waals surface area contributed by atoms with Crippen molar-refractivity contribution in [3.63, 3.8) is 0 Å². The lowest BCUT2D eigenvalue weighted by molar-refractivity contribution is -0.139. The van der Waals surface area contributed by atoms with E-state index in [1.807, 2.05) is 19.9 Å². The summed E-state index contributed by atoms with van der Waals surface area (Å²) in [4.78, 5) is 11.2. The van der Waals surface area contributed by atoms with Crippen LogP contribution >= 0.6 is 0 Å². The topological polar surface area (TPSA) is 83.5 Å². The standard InChI is InChI=1S/C13H17NO4S/c1-8-5-9(2)7-11(6-8)19(17,18)14-12(13(15)16)10-3-4-10/h5-7,10,12,14H,3-4H2,1-2H3,(H,15,16). The van der Waals surface area contributed by atoms with Gasteiger partial charge in [0.2, 0.25) is 10.0 Å². The number of aliphatic carboxylic acids is 1. The van der Waals surface area contributed by atoms with Crippen molar-refractivity contribution in [2.75, 3.05) is 0 Å². The first-order valence-electron chi connectivity index (χ1n) is 6.13. The van der Waals surface area contributed by atoms with E-state index in [0.717, 1.165) is 24.0 Å². The Bertz CT molecular complexity index is 585. The Labute approximate surface area is 112 Å². The van der Waals surface area contributed by atoms with Gasteiger partial charge in [-0.1, -0.05) is 6.07 Å². The molecular formula is C13H17NO4S. The van der Waals surface area contributed by atoms with Crippen LogP contribution in [0.2, 0.25) is 0 Å². The SMILES string of the molecule is Cc1cc(C)cc(S(=O)(=O)NC(C(=O)O)C2CC2)c1. The van der Waals surface area contributed by atoms with E-state index in [2.05, 4.69) is 4.72 Å². The van der Waals surface area contributed by atoms with Crippen molar-refractivity contribution in [3.8, 4) is 0 Å². The van der Waals surface area contributed by atoms with Crippen molar-refractivity contribution in [3.05, 3.63) is 29.3 Å². The monoisotopic (exact) mass is 283 g/mol. The molecule has 1 aliphatic rings. The molecule has 0 heterocycles. The number of carboxylic acids is 1. The minimum Gasteiger partial charge on any atom is -0.480 e. The fraction of sp³-hybridized carbons (Fsp3) is 0.462. The molecule has 1 saturated carbocycles. The van der Waals surface area contributed by atoms with E-state index in [1.165, 1.54) is 0 Å². The maximum atomic E-state index is 12.2. The van der Waals surface area contributed by atoms with Crippen LogP contribution in [0.25, 0.3) is 0 Å². The Morgan fingerprint density at radius 3 is 2.21 bits per heavy atom. The van der Waals surface area contributed by atoms with Crippen LogP contribution in [0.1, 0.15) is 24.0 Å². The van der Waals surface area contributed by atoms with E-state index >= 15 is 0 Å². The fourth-order valence-corrected chi connectivity index (χ4v) is 3.55.